The summed E-state index contributed by atoms with van der Waals surface area (Å²) in [7, 11) is 0. The topological polar surface area (TPSA) is 38.9 Å². The first-order chi connectivity index (χ1) is 9.15. The number of hydrogen-bond donors (Lipinski definition) is 1. The molecule has 0 aliphatic heterocycles. The van der Waals surface area contributed by atoms with Crippen molar-refractivity contribution in [3.05, 3.63) is 32.7 Å². The van der Waals surface area contributed by atoms with Crippen LogP contribution in [0, 0.1) is 0 Å². The Bertz CT molecular complexity index is 605. The van der Waals surface area contributed by atoms with Crippen LogP contribution >= 0.6 is 38.9 Å². The average Bonchev–Trinajstić information content (AvgIpc) is 3.01. The molecule has 0 unspecified atom stereocenters. The van der Waals surface area contributed by atoms with Crippen molar-refractivity contribution in [2.24, 2.45) is 0 Å². The second-order valence-electron chi connectivity index (χ2n) is 4.88. The van der Waals surface area contributed by atoms with Gasteiger partial charge in [0.05, 0.1) is 10.0 Å². The molecule has 0 spiro atoms. The number of rotatable bonds is 2. The van der Waals surface area contributed by atoms with E-state index >= 15 is 0 Å². The van der Waals surface area contributed by atoms with Crippen molar-refractivity contribution < 1.29 is 0 Å². The normalized spacial score (nSPS) is 16.1. The van der Waals surface area contributed by atoms with Gasteiger partial charge in [-0.05, 0) is 40.9 Å². The van der Waals surface area contributed by atoms with Crippen LogP contribution in [0.2, 0.25) is 5.02 Å². The summed E-state index contributed by atoms with van der Waals surface area (Å²) in [6, 6.07) is 5.82. The monoisotopic (exact) mass is 356 g/mol. The van der Waals surface area contributed by atoms with Crippen molar-refractivity contribution in [3.63, 3.8) is 0 Å². The lowest BCUT2D eigenvalue weighted by Crippen LogP contribution is -1.91. The van der Waals surface area contributed by atoms with E-state index in [1.807, 2.05) is 18.2 Å². The smallest absolute Gasteiger partial charge is 0.114 e. The fourth-order valence-electron chi connectivity index (χ4n) is 2.55. The lowest BCUT2D eigenvalue weighted by molar-refractivity contribution is 0.717. The Morgan fingerprint density at radius 2 is 2.05 bits per heavy atom. The molecule has 0 amide bonds. The molecule has 0 bridgehead atoms. The van der Waals surface area contributed by atoms with Gasteiger partial charge >= 0.3 is 0 Å². The van der Waals surface area contributed by atoms with E-state index in [0.717, 1.165) is 20.7 Å². The van der Waals surface area contributed by atoms with Crippen LogP contribution in [-0.4, -0.2) is 4.98 Å². The minimum Gasteiger partial charge on any atom is -0.389 e. The SMILES string of the molecule is Nc1sc(C2CCCC2)nc1-c1ccc(Cl)c(Br)c1. The van der Waals surface area contributed by atoms with Crippen molar-refractivity contribution in [2.75, 3.05) is 5.73 Å². The molecule has 1 aromatic heterocycles. The van der Waals surface area contributed by atoms with Crippen LogP contribution in [0.4, 0.5) is 5.00 Å². The number of anilines is 1. The minimum absolute atomic E-state index is 0.608. The second-order valence-corrected chi connectivity index (χ2v) is 7.20. The average molecular weight is 358 g/mol. The van der Waals surface area contributed by atoms with E-state index in [4.69, 9.17) is 22.3 Å². The number of halogens is 2. The van der Waals surface area contributed by atoms with Crippen LogP contribution in [0.15, 0.2) is 22.7 Å². The summed E-state index contributed by atoms with van der Waals surface area (Å²) < 4.78 is 0.876. The van der Waals surface area contributed by atoms with Gasteiger partial charge in [-0.3, -0.25) is 0 Å². The molecule has 3 rings (SSSR count). The van der Waals surface area contributed by atoms with Crippen LogP contribution in [0.5, 0.6) is 0 Å². The van der Waals surface area contributed by atoms with E-state index in [1.165, 1.54) is 30.7 Å². The van der Waals surface area contributed by atoms with Crippen LogP contribution in [0.3, 0.4) is 0 Å². The van der Waals surface area contributed by atoms with Gasteiger partial charge in [0, 0.05) is 16.0 Å². The lowest BCUT2D eigenvalue weighted by atomic mass is 10.1. The van der Waals surface area contributed by atoms with Crippen LogP contribution in [0.1, 0.15) is 36.6 Å². The number of aromatic nitrogens is 1. The summed E-state index contributed by atoms with van der Waals surface area (Å²) in [5.74, 6) is 0.608. The molecule has 2 nitrogen and oxygen atoms in total. The molecule has 5 heteroatoms. The van der Waals surface area contributed by atoms with Gasteiger partial charge in [0.15, 0.2) is 0 Å². The molecular formula is C14H14BrClN2S. The number of benzene rings is 1. The standard InChI is InChI=1S/C14H14BrClN2S/c15-10-7-9(5-6-11(10)16)12-13(17)19-14(18-12)8-3-1-2-4-8/h5-8H,1-4,17H2. The maximum Gasteiger partial charge on any atom is 0.114 e. The number of hydrogen-bond acceptors (Lipinski definition) is 3. The van der Waals surface area contributed by atoms with Crippen molar-refractivity contribution in [3.8, 4) is 11.3 Å². The Kier molecular flexibility index (Phi) is 3.83. The Balaban J connectivity index is 1.97. The summed E-state index contributed by atoms with van der Waals surface area (Å²) in [6.07, 6.45) is 5.12. The Morgan fingerprint density at radius 1 is 1.32 bits per heavy atom. The Hall–Kier alpha value is -0.580. The van der Waals surface area contributed by atoms with Crippen molar-refractivity contribution in [2.45, 2.75) is 31.6 Å². The minimum atomic E-state index is 0.608. The van der Waals surface area contributed by atoms with Crippen molar-refractivity contribution in [1.29, 1.82) is 0 Å². The first-order valence-electron chi connectivity index (χ1n) is 6.37. The number of nitrogens with zero attached hydrogens (tertiary/aromatic N) is 1. The third kappa shape index (κ3) is 2.67. The number of nitrogen functional groups attached to an aromatic ring is 1. The third-order valence-corrected chi connectivity index (χ3v) is 5.83. The quantitative estimate of drug-likeness (QED) is 0.774. The zero-order chi connectivity index (χ0) is 13.4. The molecule has 0 atom stereocenters. The van der Waals surface area contributed by atoms with E-state index in [9.17, 15) is 0 Å². The molecule has 19 heavy (non-hydrogen) atoms. The van der Waals surface area contributed by atoms with Gasteiger partial charge in [0.25, 0.3) is 0 Å². The lowest BCUT2D eigenvalue weighted by Gasteiger charge is -2.03. The van der Waals surface area contributed by atoms with Gasteiger partial charge in [-0.25, -0.2) is 4.98 Å². The maximum atomic E-state index is 6.14. The molecule has 1 fully saturated rings. The molecule has 2 aromatic rings. The summed E-state index contributed by atoms with van der Waals surface area (Å²) >= 11 is 11.1. The van der Waals surface area contributed by atoms with Gasteiger partial charge < -0.3 is 5.73 Å². The Labute approximate surface area is 130 Å². The number of thiazole rings is 1. The van der Waals surface area contributed by atoms with Gasteiger partial charge in [0.1, 0.15) is 10.7 Å². The van der Waals surface area contributed by atoms with Gasteiger partial charge in [-0.15, -0.1) is 11.3 Å². The molecule has 2 N–H and O–H groups in total. The fourth-order valence-corrected chi connectivity index (χ4v) is 4.07. The number of nitrogens with two attached hydrogens (primary N) is 1. The molecule has 1 heterocycles. The Morgan fingerprint density at radius 3 is 2.74 bits per heavy atom. The van der Waals surface area contributed by atoms with Gasteiger partial charge in [0.2, 0.25) is 0 Å². The zero-order valence-corrected chi connectivity index (χ0v) is 13.5. The molecule has 1 aliphatic carbocycles. The second kappa shape index (κ2) is 5.43. The molecular weight excluding hydrogens is 344 g/mol. The molecule has 0 saturated heterocycles. The van der Waals surface area contributed by atoms with Crippen LogP contribution in [-0.2, 0) is 0 Å². The van der Waals surface area contributed by atoms with E-state index in [-0.39, 0.29) is 0 Å². The van der Waals surface area contributed by atoms with Crippen LogP contribution in [0.25, 0.3) is 11.3 Å². The highest BCUT2D eigenvalue weighted by Gasteiger charge is 2.22. The van der Waals surface area contributed by atoms with Gasteiger partial charge in [-0.2, -0.15) is 0 Å². The van der Waals surface area contributed by atoms with Crippen molar-refractivity contribution >= 4 is 43.9 Å². The van der Waals surface area contributed by atoms with Crippen molar-refractivity contribution in [1.82, 2.24) is 4.98 Å². The molecule has 1 aromatic carbocycles. The fraction of sp³-hybridized carbons (Fsp3) is 0.357. The molecule has 1 saturated carbocycles. The predicted octanol–water partition coefficient (Wildman–Crippen LogP) is 5.47. The maximum absolute atomic E-state index is 6.14. The molecule has 100 valence electrons. The molecule has 0 radical (unpaired) electrons. The summed E-state index contributed by atoms with van der Waals surface area (Å²) in [6.45, 7) is 0. The predicted molar refractivity (Wildman–Crippen MR) is 85.9 cm³/mol. The highest BCUT2D eigenvalue weighted by atomic mass is 79.9. The summed E-state index contributed by atoms with van der Waals surface area (Å²) in [4.78, 5) is 4.76. The first kappa shape index (κ1) is 13.4. The third-order valence-electron chi connectivity index (χ3n) is 3.57. The van der Waals surface area contributed by atoms with E-state index in [0.29, 0.717) is 10.9 Å². The van der Waals surface area contributed by atoms with E-state index in [1.54, 1.807) is 11.3 Å². The first-order valence-corrected chi connectivity index (χ1v) is 8.35. The highest BCUT2D eigenvalue weighted by molar-refractivity contribution is 9.10. The molecule has 1 aliphatic rings. The summed E-state index contributed by atoms with van der Waals surface area (Å²) in [5, 5.41) is 2.70. The largest absolute Gasteiger partial charge is 0.389 e. The highest BCUT2D eigenvalue weighted by Crippen LogP contribution is 2.41. The summed E-state index contributed by atoms with van der Waals surface area (Å²) in [5.41, 5.74) is 8.05. The van der Waals surface area contributed by atoms with E-state index < -0.39 is 0 Å². The van der Waals surface area contributed by atoms with E-state index in [2.05, 4.69) is 15.9 Å². The zero-order valence-electron chi connectivity index (χ0n) is 10.3. The van der Waals surface area contributed by atoms with Crippen LogP contribution < -0.4 is 5.73 Å². The van der Waals surface area contributed by atoms with Gasteiger partial charge in [-0.1, -0.05) is 30.5 Å².